The maximum absolute atomic E-state index is 12.4. The van der Waals surface area contributed by atoms with Crippen LogP contribution < -0.4 is 5.32 Å². The number of nitrogens with zero attached hydrogens (tertiary/aromatic N) is 2. The van der Waals surface area contributed by atoms with Gasteiger partial charge in [0.05, 0.1) is 10.7 Å². The molecule has 30 heavy (non-hydrogen) atoms. The zero-order valence-corrected chi connectivity index (χ0v) is 17.4. The van der Waals surface area contributed by atoms with Gasteiger partial charge in [-0.05, 0) is 30.2 Å². The lowest BCUT2D eigenvalue weighted by Crippen LogP contribution is -2.27. The van der Waals surface area contributed by atoms with Gasteiger partial charge in [0.15, 0.2) is 5.12 Å². The number of hydrogen-bond acceptors (Lipinski definition) is 9. The molecule has 0 aromatic heterocycles. The second-order valence-corrected chi connectivity index (χ2v) is 7.53. The maximum Gasteiger partial charge on any atom is 0.294 e. The molecule has 12 heteroatoms. The smallest absolute Gasteiger partial charge is 0.294 e. The third kappa shape index (κ3) is 7.41. The molecular formula is C18H18ClN3O7S. The van der Waals surface area contributed by atoms with Gasteiger partial charge in [0.25, 0.3) is 10.2 Å². The first-order valence-corrected chi connectivity index (χ1v) is 9.96. The van der Waals surface area contributed by atoms with E-state index in [1.54, 1.807) is 24.3 Å². The number of nitrogens with one attached hydrogen (secondary N) is 1. The van der Waals surface area contributed by atoms with Gasteiger partial charge < -0.3 is 15.0 Å². The fourth-order valence-electron chi connectivity index (χ4n) is 2.49. The van der Waals surface area contributed by atoms with Gasteiger partial charge in [-0.3, -0.25) is 4.79 Å². The Morgan fingerprint density at radius 3 is 2.57 bits per heavy atom. The fraction of sp³-hybridized carbons (Fsp3) is 0.278. The second-order valence-electron chi connectivity index (χ2n) is 6.04. The summed E-state index contributed by atoms with van der Waals surface area (Å²) < 4.78 is 0. The van der Waals surface area contributed by atoms with Crippen LogP contribution in [-0.4, -0.2) is 33.8 Å². The lowest BCUT2D eigenvalue weighted by Gasteiger charge is -2.15. The van der Waals surface area contributed by atoms with Crippen molar-refractivity contribution in [1.29, 1.82) is 0 Å². The highest BCUT2D eigenvalue weighted by molar-refractivity contribution is 8.13. The molecule has 1 atom stereocenters. The molecule has 2 aromatic rings. The number of carbonyl (C=O) groups excluding carboxylic acids is 1. The second kappa shape index (κ2) is 11.2. The number of halogens is 1. The zero-order chi connectivity index (χ0) is 22.1. The quantitative estimate of drug-likeness (QED) is 0.394. The Kier molecular flexibility index (Phi) is 8.69. The average Bonchev–Trinajstić information content (AvgIpc) is 2.68. The first-order valence-electron chi connectivity index (χ1n) is 8.60. The molecule has 2 rings (SSSR count). The zero-order valence-electron chi connectivity index (χ0n) is 15.8. The van der Waals surface area contributed by atoms with E-state index in [9.17, 15) is 25.0 Å². The first-order chi connectivity index (χ1) is 14.3. The van der Waals surface area contributed by atoms with Crippen molar-refractivity contribution >= 4 is 39.9 Å². The molecule has 1 unspecified atom stereocenters. The van der Waals surface area contributed by atoms with Crippen molar-refractivity contribution in [3.05, 3.63) is 78.8 Å². The van der Waals surface area contributed by atoms with E-state index >= 15 is 0 Å². The number of rotatable bonds is 11. The largest absolute Gasteiger partial charge is 0.354 e. The Balaban J connectivity index is 2.03. The van der Waals surface area contributed by atoms with Gasteiger partial charge in [0.1, 0.15) is 12.7 Å². The number of hydrogen-bond donors (Lipinski definition) is 1. The minimum atomic E-state index is -1.25. The summed E-state index contributed by atoms with van der Waals surface area (Å²) in [6, 6.07) is 12.7. The molecule has 0 aliphatic rings. The van der Waals surface area contributed by atoms with Crippen molar-refractivity contribution in [2.75, 3.05) is 17.7 Å². The summed E-state index contributed by atoms with van der Waals surface area (Å²) in [5, 5.41) is 22.1. The molecule has 0 fully saturated rings. The number of aryl methyl sites for hydroxylation is 1. The normalized spacial score (nSPS) is 11.4. The van der Waals surface area contributed by atoms with Crippen molar-refractivity contribution in [3.63, 3.8) is 0 Å². The van der Waals surface area contributed by atoms with Crippen LogP contribution in [0, 0.1) is 27.2 Å². The highest BCUT2D eigenvalue weighted by Crippen LogP contribution is 2.30. The van der Waals surface area contributed by atoms with Gasteiger partial charge in [0, 0.05) is 17.9 Å². The molecular weight excluding hydrogens is 438 g/mol. The maximum atomic E-state index is 12.4. The van der Waals surface area contributed by atoms with Crippen LogP contribution in [0.3, 0.4) is 0 Å². The summed E-state index contributed by atoms with van der Waals surface area (Å²) in [6.07, 6.45) is -1.22. The van der Waals surface area contributed by atoms with E-state index < -0.39 is 22.9 Å². The van der Waals surface area contributed by atoms with E-state index in [1.807, 2.05) is 25.1 Å². The van der Waals surface area contributed by atoms with E-state index in [1.165, 1.54) is 0 Å². The molecule has 0 radical (unpaired) electrons. The predicted molar refractivity (Wildman–Crippen MR) is 112 cm³/mol. The summed E-state index contributed by atoms with van der Waals surface area (Å²) in [5.41, 5.74) is 3.05. The third-order valence-electron chi connectivity index (χ3n) is 3.86. The number of benzene rings is 2. The lowest BCUT2D eigenvalue weighted by molar-refractivity contribution is -0.788. The number of carbonyl (C=O) groups is 1. The van der Waals surface area contributed by atoms with Crippen molar-refractivity contribution in [3.8, 4) is 0 Å². The van der Waals surface area contributed by atoms with Gasteiger partial charge >= 0.3 is 0 Å². The van der Waals surface area contributed by atoms with E-state index in [0.717, 1.165) is 23.0 Å². The predicted octanol–water partition coefficient (Wildman–Crippen LogP) is 3.98. The van der Waals surface area contributed by atoms with Crippen LogP contribution in [0.15, 0.2) is 42.5 Å². The molecule has 10 nitrogen and oxygen atoms in total. The van der Waals surface area contributed by atoms with Crippen LogP contribution in [0.2, 0.25) is 5.02 Å². The van der Waals surface area contributed by atoms with E-state index in [0.29, 0.717) is 16.3 Å². The van der Waals surface area contributed by atoms with Crippen LogP contribution in [0.4, 0.5) is 11.4 Å². The number of anilines is 2. The molecule has 0 spiro atoms. The number of thioether (sulfide) groups is 1. The van der Waals surface area contributed by atoms with E-state index in [-0.39, 0.29) is 17.3 Å². The van der Waals surface area contributed by atoms with Gasteiger partial charge in [-0.2, -0.15) is 0 Å². The molecule has 0 bridgehead atoms. The van der Waals surface area contributed by atoms with Gasteiger partial charge in [-0.25, -0.2) is 0 Å². The summed E-state index contributed by atoms with van der Waals surface area (Å²) >= 11 is 7.02. The third-order valence-corrected chi connectivity index (χ3v) is 5.18. The van der Waals surface area contributed by atoms with E-state index in [4.69, 9.17) is 11.6 Å². The minimum absolute atomic E-state index is 0.0264. The Bertz CT molecular complexity index is 908. The van der Waals surface area contributed by atoms with Gasteiger partial charge in [-0.15, -0.1) is 20.2 Å². The Morgan fingerprint density at radius 2 is 1.90 bits per heavy atom. The summed E-state index contributed by atoms with van der Waals surface area (Å²) in [5.74, 6) is -0.174. The molecule has 160 valence electrons. The Hall–Kier alpha value is -3.05. The highest BCUT2D eigenvalue weighted by Gasteiger charge is 2.19. The molecule has 0 heterocycles. The summed E-state index contributed by atoms with van der Waals surface area (Å²) in [4.78, 5) is 41.6. The molecule has 0 saturated heterocycles. The molecule has 1 N–H and O–H groups in total. The van der Waals surface area contributed by atoms with E-state index in [2.05, 4.69) is 15.0 Å². The van der Waals surface area contributed by atoms with Crippen LogP contribution >= 0.6 is 23.4 Å². The Morgan fingerprint density at radius 1 is 1.17 bits per heavy atom. The average molecular weight is 456 g/mol. The molecule has 0 amide bonds. The summed E-state index contributed by atoms with van der Waals surface area (Å²) in [7, 11) is 0. The standard InChI is InChI=1S/C18H18ClN3O7S/c1-12-5-4-7-15(19)18(12)20-16-8-3-2-6-13(16)9-17(23)30-11-14(29-22(26)27)10-28-21(24)25/h2-8,14,20H,9-11H2,1H3. The molecule has 0 aliphatic carbocycles. The van der Waals surface area contributed by atoms with Crippen molar-refractivity contribution in [2.45, 2.75) is 19.4 Å². The lowest BCUT2D eigenvalue weighted by atomic mass is 10.1. The monoisotopic (exact) mass is 455 g/mol. The Labute approximate surface area is 180 Å². The topological polar surface area (TPSA) is 134 Å². The fourth-order valence-corrected chi connectivity index (χ4v) is 3.54. The van der Waals surface area contributed by atoms with Crippen LogP contribution in [0.25, 0.3) is 0 Å². The molecule has 2 aromatic carbocycles. The van der Waals surface area contributed by atoms with Crippen molar-refractivity contribution < 1.29 is 24.6 Å². The van der Waals surface area contributed by atoms with Crippen molar-refractivity contribution in [2.24, 2.45) is 0 Å². The summed E-state index contributed by atoms with van der Waals surface area (Å²) in [6.45, 7) is 1.25. The first kappa shape index (κ1) is 23.2. The van der Waals surface area contributed by atoms with Crippen molar-refractivity contribution in [1.82, 2.24) is 0 Å². The molecule has 0 aliphatic heterocycles. The number of para-hydroxylation sites is 2. The van der Waals surface area contributed by atoms with Crippen LogP contribution in [0.1, 0.15) is 11.1 Å². The highest BCUT2D eigenvalue weighted by atomic mass is 35.5. The SMILES string of the molecule is Cc1cccc(Cl)c1Nc1ccccc1CC(=O)SCC(CO[N+](=O)[O-])O[N+](=O)[O-]. The van der Waals surface area contributed by atoms with Gasteiger partial charge in [0.2, 0.25) is 0 Å². The minimum Gasteiger partial charge on any atom is -0.354 e. The van der Waals surface area contributed by atoms with Crippen LogP contribution in [0.5, 0.6) is 0 Å². The van der Waals surface area contributed by atoms with Crippen LogP contribution in [-0.2, 0) is 20.9 Å². The molecule has 0 saturated carbocycles. The van der Waals surface area contributed by atoms with Gasteiger partial charge in [-0.1, -0.05) is 53.7 Å².